The third-order valence-electron chi connectivity index (χ3n) is 2.06. The van der Waals surface area contributed by atoms with Gasteiger partial charge in [0.1, 0.15) is 0 Å². The van der Waals surface area contributed by atoms with E-state index < -0.39 is 0 Å². The lowest BCUT2D eigenvalue weighted by Gasteiger charge is -2.00. The van der Waals surface area contributed by atoms with E-state index >= 15 is 0 Å². The molecule has 11 heavy (non-hydrogen) atoms. The Labute approximate surface area is 65.6 Å². The van der Waals surface area contributed by atoms with Crippen LogP contribution < -0.4 is 5.73 Å². The van der Waals surface area contributed by atoms with E-state index in [0.717, 1.165) is 5.76 Å². The summed E-state index contributed by atoms with van der Waals surface area (Å²) in [4.78, 5) is 0. The molecule has 1 aromatic rings. The average Bonchev–Trinajstić information content (AvgIpc) is 2.68. The van der Waals surface area contributed by atoms with Crippen LogP contribution in [0.5, 0.6) is 0 Å². The second kappa shape index (κ2) is 2.34. The summed E-state index contributed by atoms with van der Waals surface area (Å²) in [7, 11) is 0. The van der Waals surface area contributed by atoms with Gasteiger partial charge in [0.2, 0.25) is 0 Å². The van der Waals surface area contributed by atoms with Gasteiger partial charge >= 0.3 is 0 Å². The minimum Gasteiger partial charge on any atom is -0.359 e. The second-order valence-electron chi connectivity index (χ2n) is 3.21. The fourth-order valence-electron chi connectivity index (χ4n) is 1.30. The molecule has 1 aliphatic carbocycles. The van der Waals surface area contributed by atoms with Gasteiger partial charge in [-0.15, -0.1) is 0 Å². The second-order valence-corrected chi connectivity index (χ2v) is 3.21. The zero-order valence-electron chi connectivity index (χ0n) is 6.58. The van der Waals surface area contributed by atoms with Crippen LogP contribution in [-0.4, -0.2) is 5.16 Å². The van der Waals surface area contributed by atoms with Gasteiger partial charge in [-0.3, -0.25) is 0 Å². The van der Waals surface area contributed by atoms with Crippen molar-refractivity contribution in [3.63, 3.8) is 0 Å². The summed E-state index contributed by atoms with van der Waals surface area (Å²) >= 11 is 0. The normalized spacial score (nSPS) is 20.2. The molecule has 2 N–H and O–H groups in total. The molecule has 1 saturated carbocycles. The molecular formula is C8H12N2O. The predicted molar refractivity (Wildman–Crippen MR) is 41.1 cm³/mol. The van der Waals surface area contributed by atoms with Crippen LogP contribution in [0.2, 0.25) is 0 Å². The molecule has 1 heterocycles. The molecule has 2 rings (SSSR count). The molecule has 0 saturated heterocycles. The molecule has 1 fully saturated rings. The first-order valence-electron chi connectivity index (χ1n) is 3.99. The third-order valence-corrected chi connectivity index (χ3v) is 2.06. The first kappa shape index (κ1) is 6.85. The fourth-order valence-corrected chi connectivity index (χ4v) is 1.30. The lowest BCUT2D eigenvalue weighted by molar-refractivity contribution is 0.366. The minimum absolute atomic E-state index is 0.0203. The highest BCUT2D eigenvalue weighted by molar-refractivity contribution is 5.25. The zero-order chi connectivity index (χ0) is 7.84. The molecule has 3 nitrogen and oxygen atoms in total. The lowest BCUT2D eigenvalue weighted by Crippen LogP contribution is -2.05. The van der Waals surface area contributed by atoms with Crippen LogP contribution in [-0.2, 0) is 0 Å². The van der Waals surface area contributed by atoms with Crippen molar-refractivity contribution in [2.45, 2.75) is 31.7 Å². The van der Waals surface area contributed by atoms with E-state index in [4.69, 9.17) is 10.3 Å². The van der Waals surface area contributed by atoms with Crippen molar-refractivity contribution < 1.29 is 4.52 Å². The van der Waals surface area contributed by atoms with Gasteiger partial charge in [0.15, 0.2) is 5.76 Å². The molecule has 0 aliphatic heterocycles. The number of hydrogen-bond donors (Lipinski definition) is 1. The predicted octanol–water partition coefficient (Wildman–Crippen LogP) is 1.57. The highest BCUT2D eigenvalue weighted by Crippen LogP contribution is 2.42. The first-order chi connectivity index (χ1) is 5.29. The van der Waals surface area contributed by atoms with Crippen LogP contribution in [0.4, 0.5) is 0 Å². The minimum atomic E-state index is -0.0203. The molecule has 0 bridgehead atoms. The van der Waals surface area contributed by atoms with E-state index in [9.17, 15) is 0 Å². The topological polar surface area (TPSA) is 52.0 Å². The summed E-state index contributed by atoms with van der Waals surface area (Å²) in [5.41, 5.74) is 6.91. The Kier molecular flexibility index (Phi) is 1.46. The monoisotopic (exact) mass is 152 g/mol. The third kappa shape index (κ3) is 1.16. The Morgan fingerprint density at radius 1 is 1.73 bits per heavy atom. The van der Waals surface area contributed by atoms with Gasteiger partial charge in [0.05, 0.1) is 12.2 Å². The molecule has 1 unspecified atom stereocenters. The first-order valence-corrected chi connectivity index (χ1v) is 3.99. The van der Waals surface area contributed by atoms with E-state index in [2.05, 4.69) is 5.16 Å². The van der Waals surface area contributed by atoms with Crippen molar-refractivity contribution in [3.8, 4) is 0 Å². The van der Waals surface area contributed by atoms with Crippen LogP contribution in [0, 0.1) is 0 Å². The largest absolute Gasteiger partial charge is 0.359 e. The lowest BCUT2D eigenvalue weighted by atomic mass is 10.1. The van der Waals surface area contributed by atoms with Crippen LogP contribution in [0.3, 0.4) is 0 Å². The number of rotatable bonds is 2. The highest BCUT2D eigenvalue weighted by atomic mass is 16.5. The maximum atomic E-state index is 5.69. The Morgan fingerprint density at radius 3 is 3.00 bits per heavy atom. The van der Waals surface area contributed by atoms with Crippen molar-refractivity contribution in [2.24, 2.45) is 5.73 Å². The molecule has 1 aliphatic rings. The number of nitrogens with zero attached hydrogens (tertiary/aromatic N) is 1. The summed E-state index contributed by atoms with van der Waals surface area (Å²) < 4.78 is 5.05. The summed E-state index contributed by atoms with van der Waals surface area (Å²) in [6.07, 6.45) is 4.33. The molecule has 60 valence electrons. The van der Waals surface area contributed by atoms with Gasteiger partial charge in [-0.1, -0.05) is 5.16 Å². The standard InChI is InChI=1S/C8H12N2O/c1-5(9)8-7(4-10-11-8)6-2-3-6/h4-6H,2-3,9H2,1H3. The van der Waals surface area contributed by atoms with E-state index in [1.54, 1.807) is 6.20 Å². The summed E-state index contributed by atoms with van der Waals surface area (Å²) in [5, 5.41) is 3.75. The van der Waals surface area contributed by atoms with Gasteiger partial charge in [0.25, 0.3) is 0 Å². The van der Waals surface area contributed by atoms with Crippen LogP contribution >= 0.6 is 0 Å². The molecular weight excluding hydrogens is 140 g/mol. The number of hydrogen-bond acceptors (Lipinski definition) is 3. The van der Waals surface area contributed by atoms with E-state index in [-0.39, 0.29) is 6.04 Å². The van der Waals surface area contributed by atoms with Crippen molar-refractivity contribution in [3.05, 3.63) is 17.5 Å². The number of nitrogens with two attached hydrogens (primary N) is 1. The van der Waals surface area contributed by atoms with Crippen molar-refractivity contribution >= 4 is 0 Å². The van der Waals surface area contributed by atoms with Crippen LogP contribution in [0.25, 0.3) is 0 Å². The van der Waals surface area contributed by atoms with Gasteiger partial charge < -0.3 is 10.3 Å². The van der Waals surface area contributed by atoms with E-state index in [0.29, 0.717) is 5.92 Å². The van der Waals surface area contributed by atoms with Gasteiger partial charge in [-0.2, -0.15) is 0 Å². The van der Waals surface area contributed by atoms with Gasteiger partial charge in [-0.25, -0.2) is 0 Å². The maximum absolute atomic E-state index is 5.69. The van der Waals surface area contributed by atoms with Gasteiger partial charge in [-0.05, 0) is 25.7 Å². The Hall–Kier alpha value is -0.830. The van der Waals surface area contributed by atoms with Crippen LogP contribution in [0.1, 0.15) is 43.0 Å². The Balaban J connectivity index is 2.30. The van der Waals surface area contributed by atoms with Crippen LogP contribution in [0.15, 0.2) is 10.7 Å². The van der Waals surface area contributed by atoms with Crippen molar-refractivity contribution in [1.29, 1.82) is 0 Å². The summed E-state index contributed by atoms with van der Waals surface area (Å²) in [6, 6.07) is -0.0203. The molecule has 0 radical (unpaired) electrons. The number of aromatic nitrogens is 1. The van der Waals surface area contributed by atoms with Gasteiger partial charge in [0, 0.05) is 5.56 Å². The zero-order valence-corrected chi connectivity index (χ0v) is 6.58. The maximum Gasteiger partial charge on any atom is 0.156 e. The summed E-state index contributed by atoms with van der Waals surface area (Å²) in [6.45, 7) is 1.92. The Morgan fingerprint density at radius 2 is 2.45 bits per heavy atom. The summed E-state index contributed by atoms with van der Waals surface area (Å²) in [5.74, 6) is 1.55. The average molecular weight is 152 g/mol. The molecule has 0 spiro atoms. The molecule has 1 atom stereocenters. The highest BCUT2D eigenvalue weighted by Gasteiger charge is 2.29. The Bertz CT molecular complexity index is 234. The quantitative estimate of drug-likeness (QED) is 0.699. The molecule has 0 aromatic carbocycles. The van der Waals surface area contributed by atoms with Crippen molar-refractivity contribution in [1.82, 2.24) is 5.16 Å². The molecule has 1 aromatic heterocycles. The SMILES string of the molecule is CC(N)c1oncc1C1CC1. The smallest absolute Gasteiger partial charge is 0.156 e. The molecule has 3 heteroatoms. The van der Waals surface area contributed by atoms with E-state index in [1.165, 1.54) is 18.4 Å². The van der Waals surface area contributed by atoms with Crippen molar-refractivity contribution in [2.75, 3.05) is 0 Å². The van der Waals surface area contributed by atoms with E-state index in [1.807, 2.05) is 6.92 Å². The molecule has 0 amide bonds. The fraction of sp³-hybridized carbons (Fsp3) is 0.625.